The van der Waals surface area contributed by atoms with Crippen LogP contribution in [-0.4, -0.2) is 6.21 Å². The summed E-state index contributed by atoms with van der Waals surface area (Å²) in [5, 5.41) is 0. The van der Waals surface area contributed by atoms with Gasteiger partial charge in [0.15, 0.2) is 0 Å². The second kappa shape index (κ2) is 6.29. The van der Waals surface area contributed by atoms with Crippen molar-refractivity contribution >= 4 is 11.8 Å². The van der Waals surface area contributed by atoms with Gasteiger partial charge in [0.1, 0.15) is 5.82 Å². The molecule has 1 rings (SSSR count). The van der Waals surface area contributed by atoms with Gasteiger partial charge in [-0.2, -0.15) is 0 Å². The van der Waals surface area contributed by atoms with E-state index in [1.165, 1.54) is 0 Å². The van der Waals surface area contributed by atoms with E-state index < -0.39 is 0 Å². The molecule has 0 fully saturated rings. The zero-order chi connectivity index (χ0) is 13.7. The molecule has 0 aliphatic heterocycles. The standard InChI is InChI=1S/C16H20FN/c1-6-14(10-18-9-11(2)3)15-7-12(4)13(5)8-16(15)17/h6-11H,1H2,2-5H3/b14-10+,18-9+. The van der Waals surface area contributed by atoms with E-state index in [2.05, 4.69) is 11.6 Å². The lowest BCUT2D eigenvalue weighted by Crippen LogP contribution is -1.92. The molecule has 0 amide bonds. The minimum Gasteiger partial charge on any atom is -0.268 e. The molecule has 0 N–H and O–H groups in total. The highest BCUT2D eigenvalue weighted by molar-refractivity contribution is 5.75. The van der Waals surface area contributed by atoms with Crippen LogP contribution in [0.1, 0.15) is 30.5 Å². The van der Waals surface area contributed by atoms with Gasteiger partial charge < -0.3 is 0 Å². The Kier molecular flexibility index (Phi) is 5.02. The number of allylic oxidation sites excluding steroid dienone is 2. The van der Waals surface area contributed by atoms with Crippen LogP contribution < -0.4 is 0 Å². The van der Waals surface area contributed by atoms with Crippen LogP contribution in [0.5, 0.6) is 0 Å². The maximum Gasteiger partial charge on any atom is 0.131 e. The van der Waals surface area contributed by atoms with E-state index in [-0.39, 0.29) is 5.82 Å². The predicted octanol–water partition coefficient (Wildman–Crippen LogP) is 4.70. The molecule has 2 heteroatoms. The van der Waals surface area contributed by atoms with Crippen molar-refractivity contribution in [2.75, 3.05) is 0 Å². The Morgan fingerprint density at radius 3 is 2.44 bits per heavy atom. The van der Waals surface area contributed by atoms with E-state index in [0.29, 0.717) is 17.1 Å². The predicted molar refractivity (Wildman–Crippen MR) is 77.4 cm³/mol. The highest BCUT2D eigenvalue weighted by Gasteiger charge is 2.07. The maximum atomic E-state index is 13.9. The third kappa shape index (κ3) is 3.66. The first-order valence-electron chi connectivity index (χ1n) is 6.08. The summed E-state index contributed by atoms with van der Waals surface area (Å²) in [4.78, 5) is 4.19. The molecule has 1 nitrogen and oxygen atoms in total. The SMILES string of the molecule is C=C/C(=C\N=C\C(C)C)c1cc(C)c(C)cc1F. The van der Waals surface area contributed by atoms with Crippen LogP contribution in [0.25, 0.3) is 5.57 Å². The van der Waals surface area contributed by atoms with Crippen molar-refractivity contribution in [2.45, 2.75) is 27.7 Å². The topological polar surface area (TPSA) is 12.4 Å². The molecule has 0 aliphatic carbocycles. The number of aryl methyl sites for hydroxylation is 2. The highest BCUT2D eigenvalue weighted by atomic mass is 19.1. The molecule has 0 heterocycles. The van der Waals surface area contributed by atoms with E-state index in [1.54, 1.807) is 18.3 Å². The number of halogens is 1. The molecule has 96 valence electrons. The Hall–Kier alpha value is -1.70. The summed E-state index contributed by atoms with van der Waals surface area (Å²) in [7, 11) is 0. The molecule has 0 bridgehead atoms. The van der Waals surface area contributed by atoms with Gasteiger partial charge in [0.05, 0.1) is 0 Å². The largest absolute Gasteiger partial charge is 0.268 e. The summed E-state index contributed by atoms with van der Waals surface area (Å²) in [5.41, 5.74) is 3.26. The van der Waals surface area contributed by atoms with Crippen LogP contribution in [0.4, 0.5) is 4.39 Å². The van der Waals surface area contributed by atoms with E-state index in [1.807, 2.05) is 40.0 Å². The van der Waals surface area contributed by atoms with Crippen LogP contribution in [0.15, 0.2) is 36.0 Å². The molecule has 18 heavy (non-hydrogen) atoms. The number of aliphatic imine (C=N–C) groups is 1. The molecular weight excluding hydrogens is 225 g/mol. The molecule has 0 unspecified atom stereocenters. The molecule has 1 aromatic carbocycles. The number of rotatable bonds is 4. The summed E-state index contributed by atoms with van der Waals surface area (Å²) >= 11 is 0. The number of nitrogens with zero attached hydrogens (tertiary/aromatic N) is 1. The molecule has 0 radical (unpaired) electrons. The van der Waals surface area contributed by atoms with Crippen LogP contribution in [0.3, 0.4) is 0 Å². The summed E-state index contributed by atoms with van der Waals surface area (Å²) in [6.45, 7) is 11.7. The fraction of sp³-hybridized carbons (Fsp3) is 0.312. The van der Waals surface area contributed by atoms with Crippen molar-refractivity contribution in [1.82, 2.24) is 0 Å². The van der Waals surface area contributed by atoms with Crippen LogP contribution >= 0.6 is 0 Å². The van der Waals surface area contributed by atoms with Crippen molar-refractivity contribution in [3.8, 4) is 0 Å². The van der Waals surface area contributed by atoms with Gasteiger partial charge in [-0.25, -0.2) is 4.39 Å². The molecule has 1 aromatic rings. The average Bonchev–Trinajstić information content (AvgIpc) is 2.30. The first-order valence-corrected chi connectivity index (χ1v) is 6.08. The first kappa shape index (κ1) is 14.4. The molecule has 0 aromatic heterocycles. The van der Waals surface area contributed by atoms with Gasteiger partial charge in [-0.1, -0.05) is 26.5 Å². The van der Waals surface area contributed by atoms with Gasteiger partial charge >= 0.3 is 0 Å². The van der Waals surface area contributed by atoms with Gasteiger partial charge in [0, 0.05) is 23.6 Å². The van der Waals surface area contributed by atoms with E-state index in [0.717, 1.165) is 11.1 Å². The van der Waals surface area contributed by atoms with Gasteiger partial charge in [-0.3, -0.25) is 4.99 Å². The van der Waals surface area contributed by atoms with Gasteiger partial charge in [-0.05, 0) is 43.0 Å². The molecular formula is C16H20FN. The number of hydrogen-bond donors (Lipinski definition) is 0. The van der Waals surface area contributed by atoms with Crippen molar-refractivity contribution in [3.63, 3.8) is 0 Å². The Morgan fingerprint density at radius 2 is 1.89 bits per heavy atom. The lowest BCUT2D eigenvalue weighted by molar-refractivity contribution is 0.622. The van der Waals surface area contributed by atoms with Crippen molar-refractivity contribution in [3.05, 3.63) is 53.5 Å². The van der Waals surface area contributed by atoms with Crippen molar-refractivity contribution in [2.24, 2.45) is 10.9 Å². The average molecular weight is 245 g/mol. The Balaban J connectivity index is 3.17. The molecule has 0 spiro atoms. The second-order valence-electron chi connectivity index (χ2n) is 4.75. The third-order valence-electron chi connectivity index (χ3n) is 2.71. The minimum absolute atomic E-state index is 0.232. The van der Waals surface area contributed by atoms with Crippen LogP contribution in [0, 0.1) is 25.6 Å². The van der Waals surface area contributed by atoms with Crippen LogP contribution in [-0.2, 0) is 0 Å². The lowest BCUT2D eigenvalue weighted by Gasteiger charge is -2.07. The van der Waals surface area contributed by atoms with Crippen LogP contribution in [0.2, 0.25) is 0 Å². The third-order valence-corrected chi connectivity index (χ3v) is 2.71. The lowest BCUT2D eigenvalue weighted by atomic mass is 10.0. The van der Waals surface area contributed by atoms with Gasteiger partial charge in [0.2, 0.25) is 0 Å². The van der Waals surface area contributed by atoms with Gasteiger partial charge in [-0.15, -0.1) is 0 Å². The quantitative estimate of drug-likeness (QED) is 0.538. The highest BCUT2D eigenvalue weighted by Crippen LogP contribution is 2.23. The molecule has 0 aliphatic rings. The summed E-state index contributed by atoms with van der Waals surface area (Å²) in [6.07, 6.45) is 5.10. The molecule has 0 atom stereocenters. The second-order valence-corrected chi connectivity index (χ2v) is 4.75. The van der Waals surface area contributed by atoms with E-state index in [4.69, 9.17) is 0 Å². The Bertz CT molecular complexity index is 496. The Morgan fingerprint density at radius 1 is 1.28 bits per heavy atom. The minimum atomic E-state index is -0.232. The smallest absolute Gasteiger partial charge is 0.131 e. The van der Waals surface area contributed by atoms with E-state index >= 15 is 0 Å². The zero-order valence-corrected chi connectivity index (χ0v) is 11.5. The fourth-order valence-corrected chi connectivity index (χ4v) is 1.53. The normalized spacial score (nSPS) is 12.4. The summed E-state index contributed by atoms with van der Waals surface area (Å²) in [5.74, 6) is 0.140. The van der Waals surface area contributed by atoms with Crippen molar-refractivity contribution in [1.29, 1.82) is 0 Å². The van der Waals surface area contributed by atoms with E-state index in [9.17, 15) is 4.39 Å². The number of benzene rings is 1. The maximum absolute atomic E-state index is 13.9. The fourth-order valence-electron chi connectivity index (χ4n) is 1.53. The molecule has 0 saturated carbocycles. The summed E-state index contributed by atoms with van der Waals surface area (Å²) < 4.78 is 13.9. The summed E-state index contributed by atoms with van der Waals surface area (Å²) in [6, 6.07) is 3.39. The zero-order valence-electron chi connectivity index (χ0n) is 11.5. The number of hydrogen-bond acceptors (Lipinski definition) is 1. The first-order chi connectivity index (χ1) is 8.45. The van der Waals surface area contributed by atoms with Crippen molar-refractivity contribution < 1.29 is 4.39 Å². The van der Waals surface area contributed by atoms with Gasteiger partial charge in [0.25, 0.3) is 0 Å². The monoisotopic (exact) mass is 245 g/mol. The Labute approximate surface area is 109 Å². The molecule has 0 saturated heterocycles.